The number of rotatable bonds is 10. The number of carbonyl (C=O) groups excluding carboxylic acids is 2. The van der Waals surface area contributed by atoms with Crippen molar-refractivity contribution in [2.45, 2.75) is 38.5 Å². The molecule has 1 aromatic heterocycles. The summed E-state index contributed by atoms with van der Waals surface area (Å²) >= 11 is 5.89. The summed E-state index contributed by atoms with van der Waals surface area (Å²) in [6, 6.07) is 10.1. The van der Waals surface area contributed by atoms with Gasteiger partial charge in [0.2, 0.25) is 11.8 Å². The molecular formula is C20H23ClN4O3. The number of aromatic nitrogens is 1. The van der Waals surface area contributed by atoms with Crippen molar-refractivity contribution in [3.05, 3.63) is 53.3 Å². The summed E-state index contributed by atoms with van der Waals surface area (Å²) in [5, 5.41) is 16.5. The predicted octanol–water partition coefficient (Wildman–Crippen LogP) is 3.87. The number of aromatic hydroxyl groups is 1. The van der Waals surface area contributed by atoms with Crippen LogP contribution in [0.3, 0.4) is 0 Å². The van der Waals surface area contributed by atoms with E-state index in [9.17, 15) is 14.7 Å². The third-order valence-corrected chi connectivity index (χ3v) is 4.23. The maximum Gasteiger partial charge on any atom is 0.240 e. The van der Waals surface area contributed by atoms with Crippen molar-refractivity contribution in [2.24, 2.45) is 5.10 Å². The molecule has 148 valence electrons. The second kappa shape index (κ2) is 11.7. The number of anilines is 1. The number of amides is 2. The predicted molar refractivity (Wildman–Crippen MR) is 109 cm³/mol. The first-order valence-corrected chi connectivity index (χ1v) is 9.44. The van der Waals surface area contributed by atoms with Crippen molar-refractivity contribution in [1.82, 2.24) is 10.4 Å². The molecule has 2 aromatic rings. The van der Waals surface area contributed by atoms with E-state index in [0.29, 0.717) is 29.2 Å². The van der Waals surface area contributed by atoms with Crippen LogP contribution in [0.1, 0.15) is 44.1 Å². The first kappa shape index (κ1) is 21.4. The third kappa shape index (κ3) is 7.75. The number of phenolic OH excluding ortho intramolecular Hbond substituents is 1. The number of hydrogen-bond acceptors (Lipinski definition) is 5. The van der Waals surface area contributed by atoms with Gasteiger partial charge in [0, 0.05) is 24.6 Å². The minimum absolute atomic E-state index is 0.0512. The van der Waals surface area contributed by atoms with E-state index < -0.39 is 0 Å². The first-order chi connectivity index (χ1) is 13.6. The Balaban J connectivity index is 1.54. The molecule has 0 radical (unpaired) electrons. The Morgan fingerprint density at radius 1 is 1.04 bits per heavy atom. The molecule has 0 aliphatic rings. The quantitative estimate of drug-likeness (QED) is 0.184. The molecule has 0 unspecified atom stereocenters. The monoisotopic (exact) mass is 402 g/mol. The minimum atomic E-state index is -0.173. The lowest BCUT2D eigenvalue weighted by molar-refractivity contribution is -0.121. The Morgan fingerprint density at radius 2 is 1.75 bits per heavy atom. The average molecular weight is 403 g/mol. The van der Waals surface area contributed by atoms with Gasteiger partial charge in [-0.3, -0.25) is 9.59 Å². The summed E-state index contributed by atoms with van der Waals surface area (Å²) in [7, 11) is 0. The molecular weight excluding hydrogens is 380 g/mol. The Labute approximate surface area is 168 Å². The van der Waals surface area contributed by atoms with Gasteiger partial charge in [-0.1, -0.05) is 36.6 Å². The second-order valence-electron chi connectivity index (χ2n) is 6.16. The van der Waals surface area contributed by atoms with Crippen molar-refractivity contribution in [3.8, 4) is 5.75 Å². The zero-order valence-electron chi connectivity index (χ0n) is 15.4. The fraction of sp³-hybridized carbons (Fsp3) is 0.300. The maximum absolute atomic E-state index is 11.8. The highest BCUT2D eigenvalue weighted by Gasteiger charge is 2.06. The number of unbranched alkanes of at least 4 members (excludes halogenated alkanes) is 3. The molecule has 0 spiro atoms. The van der Waals surface area contributed by atoms with E-state index >= 15 is 0 Å². The van der Waals surface area contributed by atoms with Gasteiger partial charge in [0.05, 0.1) is 11.9 Å². The van der Waals surface area contributed by atoms with Crippen molar-refractivity contribution in [3.63, 3.8) is 0 Å². The van der Waals surface area contributed by atoms with Gasteiger partial charge < -0.3 is 10.4 Å². The molecule has 0 atom stereocenters. The number of nitrogens with one attached hydrogen (secondary N) is 2. The lowest BCUT2D eigenvalue weighted by Gasteiger charge is -2.06. The van der Waals surface area contributed by atoms with Crippen LogP contribution in [-0.2, 0) is 9.59 Å². The number of hydrogen-bond donors (Lipinski definition) is 3. The molecule has 0 aliphatic carbocycles. The Bertz CT molecular complexity index is 827. The zero-order valence-corrected chi connectivity index (χ0v) is 16.2. The number of pyridine rings is 1. The maximum atomic E-state index is 11.8. The van der Waals surface area contributed by atoms with Crippen molar-refractivity contribution in [2.75, 3.05) is 5.32 Å². The fourth-order valence-corrected chi connectivity index (χ4v) is 2.61. The fourth-order valence-electron chi connectivity index (χ4n) is 2.44. The van der Waals surface area contributed by atoms with Gasteiger partial charge in [0.25, 0.3) is 0 Å². The molecule has 8 heteroatoms. The highest BCUT2D eigenvalue weighted by Crippen LogP contribution is 2.21. The molecule has 0 saturated heterocycles. The van der Waals surface area contributed by atoms with Crippen LogP contribution in [-0.4, -0.2) is 28.1 Å². The van der Waals surface area contributed by atoms with Gasteiger partial charge in [0.15, 0.2) is 0 Å². The van der Waals surface area contributed by atoms with Crippen LogP contribution in [0.5, 0.6) is 5.75 Å². The summed E-state index contributed by atoms with van der Waals surface area (Å²) in [4.78, 5) is 27.5. The number of para-hydroxylation sites is 2. The van der Waals surface area contributed by atoms with Crippen LogP contribution in [0.25, 0.3) is 0 Å². The highest BCUT2D eigenvalue weighted by molar-refractivity contribution is 6.31. The van der Waals surface area contributed by atoms with Crippen LogP contribution in [0.4, 0.5) is 5.69 Å². The van der Waals surface area contributed by atoms with Crippen LogP contribution in [0.15, 0.2) is 47.7 Å². The summed E-state index contributed by atoms with van der Waals surface area (Å²) < 4.78 is 0. The molecule has 0 saturated carbocycles. The molecule has 3 N–H and O–H groups in total. The first-order valence-electron chi connectivity index (χ1n) is 9.06. The van der Waals surface area contributed by atoms with Crippen LogP contribution in [0.2, 0.25) is 5.15 Å². The minimum Gasteiger partial charge on any atom is -0.506 e. The van der Waals surface area contributed by atoms with Crippen LogP contribution in [0, 0.1) is 0 Å². The lowest BCUT2D eigenvalue weighted by Crippen LogP contribution is -2.17. The van der Waals surface area contributed by atoms with E-state index in [1.165, 1.54) is 12.3 Å². The van der Waals surface area contributed by atoms with E-state index in [4.69, 9.17) is 11.6 Å². The number of benzene rings is 1. The summed E-state index contributed by atoms with van der Waals surface area (Å²) in [6.07, 6.45) is 6.89. The van der Waals surface area contributed by atoms with E-state index in [1.54, 1.807) is 36.5 Å². The van der Waals surface area contributed by atoms with E-state index in [0.717, 1.165) is 25.7 Å². The van der Waals surface area contributed by atoms with Crippen LogP contribution >= 0.6 is 11.6 Å². The highest BCUT2D eigenvalue weighted by atomic mass is 35.5. The standard InChI is InChI=1S/C20H23ClN4O3/c21-20-15(8-7-13-22-20)14-23-25-19(28)12-4-2-1-3-11-18(27)24-16-9-5-6-10-17(16)26/h5-10,13-14,26H,1-4,11-12H2,(H,24,27)(H,25,28)/b23-14+. The number of nitrogens with zero attached hydrogens (tertiary/aromatic N) is 2. The van der Waals surface area contributed by atoms with Crippen molar-refractivity contribution in [1.29, 1.82) is 0 Å². The molecule has 7 nitrogen and oxygen atoms in total. The smallest absolute Gasteiger partial charge is 0.240 e. The third-order valence-electron chi connectivity index (χ3n) is 3.92. The second-order valence-corrected chi connectivity index (χ2v) is 6.51. The topological polar surface area (TPSA) is 104 Å². The van der Waals surface area contributed by atoms with Crippen molar-refractivity contribution < 1.29 is 14.7 Å². The van der Waals surface area contributed by atoms with E-state index in [2.05, 4.69) is 20.8 Å². The number of hydrazone groups is 1. The Kier molecular flexibility index (Phi) is 8.94. The van der Waals surface area contributed by atoms with E-state index in [1.807, 2.05) is 0 Å². The molecule has 2 rings (SSSR count). The number of phenols is 1. The largest absolute Gasteiger partial charge is 0.506 e. The summed E-state index contributed by atoms with van der Waals surface area (Å²) in [6.45, 7) is 0. The van der Waals surface area contributed by atoms with Gasteiger partial charge in [-0.2, -0.15) is 5.10 Å². The zero-order chi connectivity index (χ0) is 20.2. The van der Waals surface area contributed by atoms with Crippen LogP contribution < -0.4 is 10.7 Å². The SMILES string of the molecule is O=C(CCCCCCC(=O)Nc1ccccc1O)N/N=C/c1cccnc1Cl. The Morgan fingerprint density at radius 3 is 2.46 bits per heavy atom. The molecule has 2 amide bonds. The van der Waals surface area contributed by atoms with Gasteiger partial charge in [-0.05, 0) is 37.1 Å². The molecule has 1 heterocycles. The molecule has 28 heavy (non-hydrogen) atoms. The average Bonchev–Trinajstić information content (AvgIpc) is 2.68. The van der Waals surface area contributed by atoms with Gasteiger partial charge in [-0.15, -0.1) is 0 Å². The molecule has 1 aromatic carbocycles. The van der Waals surface area contributed by atoms with Gasteiger partial charge >= 0.3 is 0 Å². The van der Waals surface area contributed by atoms with Gasteiger partial charge in [-0.25, -0.2) is 10.4 Å². The normalized spacial score (nSPS) is 10.8. The molecule has 0 aliphatic heterocycles. The summed E-state index contributed by atoms with van der Waals surface area (Å²) in [5.74, 6) is -0.258. The Hall–Kier alpha value is -2.93. The molecule has 0 bridgehead atoms. The lowest BCUT2D eigenvalue weighted by atomic mass is 10.1. The molecule has 0 fully saturated rings. The summed E-state index contributed by atoms with van der Waals surface area (Å²) in [5.41, 5.74) is 3.50. The number of carbonyl (C=O) groups is 2. The number of halogens is 1. The van der Waals surface area contributed by atoms with E-state index in [-0.39, 0.29) is 17.6 Å². The van der Waals surface area contributed by atoms with Gasteiger partial charge in [0.1, 0.15) is 10.9 Å². The van der Waals surface area contributed by atoms with Crippen molar-refractivity contribution >= 4 is 35.3 Å².